The molecule has 2 aliphatic rings. The highest BCUT2D eigenvalue weighted by Crippen LogP contribution is 2.49. The molecule has 0 saturated heterocycles. The minimum atomic E-state index is -0.0150. The van der Waals surface area contributed by atoms with E-state index >= 15 is 0 Å². The van der Waals surface area contributed by atoms with Gasteiger partial charge in [0.2, 0.25) is 0 Å². The topological polar surface area (TPSA) is 25.6 Å². The van der Waals surface area contributed by atoms with E-state index in [2.05, 4.69) is 244 Å². The molecule has 11 aromatic rings. The number of benzene rings is 9. The van der Waals surface area contributed by atoms with Crippen LogP contribution in [-0.2, 0) is 0 Å². The lowest BCUT2D eigenvalue weighted by atomic mass is 9.34. The Hall–Kier alpha value is -8.22. The van der Waals surface area contributed by atoms with Gasteiger partial charge in [0.1, 0.15) is 11.5 Å². The molecule has 0 fully saturated rings. The van der Waals surface area contributed by atoms with E-state index < -0.39 is 0 Å². The number of fused-ring (bicyclic) bond motifs is 9. The van der Waals surface area contributed by atoms with E-state index in [1.165, 1.54) is 38.2 Å². The third kappa shape index (κ3) is 5.31. The Morgan fingerprint density at radius 1 is 0.429 bits per heavy atom. The maximum absolute atomic E-state index is 6.84. The van der Waals surface area contributed by atoms with Gasteiger partial charge in [0, 0.05) is 50.6 Å². The van der Waals surface area contributed by atoms with Gasteiger partial charge in [-0.3, -0.25) is 0 Å². The molecule has 0 spiro atoms. The summed E-state index contributed by atoms with van der Waals surface area (Å²) < 4.78 is 11.9. The van der Waals surface area contributed by atoms with E-state index in [0.717, 1.165) is 73.6 Å². The summed E-state index contributed by atoms with van der Waals surface area (Å²) in [5.74, 6) is 1.83. The Balaban J connectivity index is 1.23. The molecule has 0 unspecified atom stereocenters. The third-order valence-corrected chi connectivity index (χ3v) is 12.9. The minimum absolute atomic E-state index is 0.0150. The summed E-state index contributed by atoms with van der Waals surface area (Å²) in [6.07, 6.45) is 0. The molecule has 4 heterocycles. The molecule has 0 aliphatic carbocycles. The first-order valence-corrected chi connectivity index (χ1v) is 21.6. The summed E-state index contributed by atoms with van der Waals surface area (Å²) in [6.45, 7) is 2.17. The lowest BCUT2D eigenvalue weighted by Gasteiger charge is -2.34. The quantitative estimate of drug-likeness (QED) is 0.150. The Labute approximate surface area is 366 Å². The summed E-state index contributed by atoms with van der Waals surface area (Å²) >= 11 is 0. The number of hydrogen-bond acceptors (Lipinski definition) is 3. The van der Waals surface area contributed by atoms with E-state index in [4.69, 9.17) is 4.74 Å². The molecule has 0 amide bonds. The number of hydrogen-bond donors (Lipinski definition) is 0. The van der Waals surface area contributed by atoms with Gasteiger partial charge in [0.05, 0.1) is 27.8 Å². The van der Waals surface area contributed by atoms with Crippen LogP contribution < -0.4 is 30.9 Å². The second-order valence-corrected chi connectivity index (χ2v) is 16.6. The van der Waals surface area contributed by atoms with Crippen LogP contribution in [0.3, 0.4) is 0 Å². The largest absolute Gasteiger partial charge is 0.458 e. The zero-order valence-electron chi connectivity index (χ0n) is 34.6. The predicted octanol–water partition coefficient (Wildman–Crippen LogP) is 12.9. The number of rotatable bonds is 7. The molecule has 0 N–H and O–H groups in total. The fraction of sp³-hybridized carbons (Fsp3) is 0.0175. The highest BCUT2D eigenvalue weighted by Gasteiger charge is 2.42. The van der Waals surface area contributed by atoms with Crippen molar-refractivity contribution in [3.8, 4) is 22.9 Å². The van der Waals surface area contributed by atoms with Crippen LogP contribution in [0.4, 0.5) is 34.1 Å². The molecule has 0 radical (unpaired) electrons. The maximum Gasteiger partial charge on any atom is 0.256 e. The van der Waals surface area contributed by atoms with Gasteiger partial charge in [-0.05, 0) is 132 Å². The van der Waals surface area contributed by atoms with Crippen molar-refractivity contribution in [2.24, 2.45) is 0 Å². The standard InChI is InChI=1S/C57H39BN4O/c1-38-35-50-54-52(36-38)63-51-30-18-17-29-46(51)58(54)47-33-34-48(60(41-23-11-4-12-24-41)42-25-13-5-14-26-42)53-56(47)62(50)55-45-32-31-44(37-49(45)61(57(53)55)43-27-15-6-16-28-43)59(39-19-7-2-8-20-39)40-21-9-3-10-22-40/h2-37H,1H3. The van der Waals surface area contributed by atoms with Gasteiger partial charge in [0.15, 0.2) is 0 Å². The number of nitrogens with zero attached hydrogens (tertiary/aromatic N) is 4. The Morgan fingerprint density at radius 3 is 1.63 bits per heavy atom. The Morgan fingerprint density at radius 2 is 1.00 bits per heavy atom. The zero-order chi connectivity index (χ0) is 41.6. The molecule has 2 aromatic heterocycles. The van der Waals surface area contributed by atoms with Gasteiger partial charge in [-0.15, -0.1) is 0 Å². The Bertz CT molecular complexity index is 3470. The second-order valence-electron chi connectivity index (χ2n) is 16.6. The molecule has 0 atom stereocenters. The van der Waals surface area contributed by atoms with Gasteiger partial charge in [-0.25, -0.2) is 0 Å². The van der Waals surface area contributed by atoms with Crippen molar-refractivity contribution in [3.05, 3.63) is 224 Å². The van der Waals surface area contributed by atoms with Gasteiger partial charge in [0.25, 0.3) is 6.71 Å². The number of anilines is 6. The molecule has 6 heteroatoms. The molecular formula is C57H39BN4O. The summed E-state index contributed by atoms with van der Waals surface area (Å²) in [7, 11) is 0. The van der Waals surface area contributed by atoms with E-state index in [1.807, 2.05) is 0 Å². The molecule has 63 heavy (non-hydrogen) atoms. The highest BCUT2D eigenvalue weighted by atomic mass is 16.5. The van der Waals surface area contributed by atoms with Crippen LogP contribution in [0.25, 0.3) is 44.2 Å². The molecule has 13 rings (SSSR count). The second kappa shape index (κ2) is 13.9. The smallest absolute Gasteiger partial charge is 0.256 e. The molecule has 9 aromatic carbocycles. The van der Waals surface area contributed by atoms with Crippen LogP contribution in [0.5, 0.6) is 11.5 Å². The van der Waals surface area contributed by atoms with Gasteiger partial charge in [-0.2, -0.15) is 0 Å². The molecule has 0 saturated carbocycles. The first-order chi connectivity index (χ1) is 31.2. The monoisotopic (exact) mass is 806 g/mol. The summed E-state index contributed by atoms with van der Waals surface area (Å²) in [4.78, 5) is 4.79. The third-order valence-electron chi connectivity index (χ3n) is 12.9. The van der Waals surface area contributed by atoms with Crippen molar-refractivity contribution < 1.29 is 4.74 Å². The van der Waals surface area contributed by atoms with E-state index in [0.29, 0.717) is 0 Å². The lowest BCUT2D eigenvalue weighted by Crippen LogP contribution is -2.58. The van der Waals surface area contributed by atoms with E-state index in [1.54, 1.807) is 0 Å². The number of para-hydroxylation sites is 6. The van der Waals surface area contributed by atoms with E-state index in [-0.39, 0.29) is 6.71 Å². The van der Waals surface area contributed by atoms with Crippen molar-refractivity contribution in [2.45, 2.75) is 6.92 Å². The number of aromatic nitrogens is 2. The van der Waals surface area contributed by atoms with E-state index in [9.17, 15) is 0 Å². The number of ether oxygens (including phenoxy) is 1. The molecule has 0 bridgehead atoms. The van der Waals surface area contributed by atoms with Gasteiger partial charge < -0.3 is 23.7 Å². The van der Waals surface area contributed by atoms with Gasteiger partial charge in [-0.1, -0.05) is 115 Å². The predicted molar refractivity (Wildman–Crippen MR) is 263 cm³/mol. The molecular weight excluding hydrogens is 767 g/mol. The first-order valence-electron chi connectivity index (χ1n) is 21.6. The van der Waals surface area contributed by atoms with Crippen LogP contribution >= 0.6 is 0 Å². The van der Waals surface area contributed by atoms with Crippen molar-refractivity contribution in [3.63, 3.8) is 0 Å². The van der Waals surface area contributed by atoms with Crippen molar-refractivity contribution >= 4 is 90.1 Å². The molecule has 5 nitrogen and oxygen atoms in total. The average Bonchev–Trinajstić information content (AvgIpc) is 3.86. The first kappa shape index (κ1) is 35.5. The highest BCUT2D eigenvalue weighted by molar-refractivity contribution is 6.99. The average molecular weight is 807 g/mol. The minimum Gasteiger partial charge on any atom is -0.458 e. The lowest BCUT2D eigenvalue weighted by molar-refractivity contribution is 0.487. The van der Waals surface area contributed by atoms with Crippen molar-refractivity contribution in [1.29, 1.82) is 0 Å². The van der Waals surface area contributed by atoms with Crippen molar-refractivity contribution in [1.82, 2.24) is 9.13 Å². The SMILES string of the molecule is Cc1cc2c3c(c1)-n1c4c(ccc(N(c5ccccc5)c5ccccc5)c4c4c1c1ccc(N(c5ccccc5)c5ccccc5)cc1n4-c1ccccc1)B3c1ccccc1O2. The van der Waals surface area contributed by atoms with Gasteiger partial charge >= 0.3 is 0 Å². The summed E-state index contributed by atoms with van der Waals surface area (Å²) in [6, 6.07) is 78.8. The van der Waals surface area contributed by atoms with Crippen LogP contribution in [0.2, 0.25) is 0 Å². The normalized spacial score (nSPS) is 12.3. The summed E-state index contributed by atoms with van der Waals surface area (Å²) in [5, 5.41) is 2.36. The van der Waals surface area contributed by atoms with Crippen LogP contribution in [0, 0.1) is 6.92 Å². The molecule has 2 aliphatic heterocycles. The maximum atomic E-state index is 6.84. The fourth-order valence-corrected chi connectivity index (χ4v) is 10.4. The number of aryl methyl sites for hydroxylation is 1. The van der Waals surface area contributed by atoms with Crippen LogP contribution in [-0.4, -0.2) is 15.8 Å². The zero-order valence-corrected chi connectivity index (χ0v) is 34.6. The molecule has 296 valence electrons. The fourth-order valence-electron chi connectivity index (χ4n) is 10.4. The van der Waals surface area contributed by atoms with Crippen molar-refractivity contribution in [2.75, 3.05) is 9.80 Å². The van der Waals surface area contributed by atoms with Crippen LogP contribution in [0.1, 0.15) is 5.56 Å². The summed E-state index contributed by atoms with van der Waals surface area (Å²) in [5.41, 5.74) is 18.3. The van der Waals surface area contributed by atoms with Crippen LogP contribution in [0.15, 0.2) is 218 Å². The Kier molecular flexibility index (Phi) is 7.85.